The Morgan fingerprint density at radius 3 is 2.32 bits per heavy atom. The number of halogens is 1. The predicted molar refractivity (Wildman–Crippen MR) is 90.9 cm³/mol. The van der Waals surface area contributed by atoms with Gasteiger partial charge in [0, 0.05) is 0 Å². The molecule has 0 aliphatic heterocycles. The fraction of sp³-hybridized carbons (Fsp3) is 0.263. The number of rotatable bonds is 7. The minimum atomic E-state index is -0.403. The van der Waals surface area contributed by atoms with Crippen LogP contribution in [0.3, 0.4) is 0 Å². The molecule has 0 saturated carbocycles. The Hall–Kier alpha value is -2.89. The first-order valence-corrected chi connectivity index (χ1v) is 7.94. The largest absolute Gasteiger partial charge is 0.484 e. The summed E-state index contributed by atoms with van der Waals surface area (Å²) in [7, 11) is 0. The highest BCUT2D eigenvalue weighted by Crippen LogP contribution is 2.14. The maximum Gasteiger partial charge on any atom is 0.338 e. The van der Waals surface area contributed by atoms with Gasteiger partial charge in [-0.2, -0.15) is 0 Å². The second kappa shape index (κ2) is 8.82. The van der Waals surface area contributed by atoms with Crippen molar-refractivity contribution in [2.75, 3.05) is 13.2 Å². The van der Waals surface area contributed by atoms with Crippen molar-refractivity contribution in [2.24, 2.45) is 0 Å². The average Bonchev–Trinajstić information content (AvgIpc) is 2.61. The zero-order valence-corrected chi connectivity index (χ0v) is 14.1. The van der Waals surface area contributed by atoms with E-state index in [9.17, 15) is 14.0 Å². The van der Waals surface area contributed by atoms with E-state index in [0.717, 1.165) is 5.56 Å². The van der Waals surface area contributed by atoms with Gasteiger partial charge in [-0.1, -0.05) is 12.1 Å². The molecule has 2 aromatic rings. The summed E-state index contributed by atoms with van der Waals surface area (Å²) < 4.78 is 23.2. The topological polar surface area (TPSA) is 64.6 Å². The molecule has 5 nitrogen and oxygen atoms in total. The molecule has 0 aliphatic rings. The van der Waals surface area contributed by atoms with E-state index in [2.05, 4.69) is 5.32 Å². The van der Waals surface area contributed by atoms with Crippen LogP contribution in [0.4, 0.5) is 4.39 Å². The molecule has 2 rings (SSSR count). The standard InChI is InChI=1S/C19H20FNO4/c1-3-24-19(23)15-6-10-17(11-7-15)25-12-18(22)21-13(2)14-4-8-16(20)9-5-14/h4-11,13H,3,12H2,1-2H3,(H,21,22)/t13-/m1/s1. The number of hydrogen-bond acceptors (Lipinski definition) is 4. The zero-order chi connectivity index (χ0) is 18.2. The van der Waals surface area contributed by atoms with E-state index in [4.69, 9.17) is 9.47 Å². The predicted octanol–water partition coefficient (Wildman–Crippen LogP) is 3.26. The van der Waals surface area contributed by atoms with Crippen molar-refractivity contribution in [2.45, 2.75) is 19.9 Å². The van der Waals surface area contributed by atoms with Crippen LogP contribution in [-0.4, -0.2) is 25.1 Å². The van der Waals surface area contributed by atoms with Crippen LogP contribution in [-0.2, 0) is 9.53 Å². The van der Waals surface area contributed by atoms with Gasteiger partial charge in [-0.15, -0.1) is 0 Å². The van der Waals surface area contributed by atoms with E-state index in [1.807, 2.05) is 0 Å². The molecule has 0 spiro atoms. The molecule has 0 saturated heterocycles. The third-order valence-electron chi connectivity index (χ3n) is 3.48. The molecule has 0 aromatic heterocycles. The Labute approximate surface area is 145 Å². The Bertz CT molecular complexity index is 713. The zero-order valence-electron chi connectivity index (χ0n) is 14.1. The van der Waals surface area contributed by atoms with Gasteiger partial charge in [0.15, 0.2) is 6.61 Å². The first-order valence-electron chi connectivity index (χ1n) is 7.94. The minimum Gasteiger partial charge on any atom is -0.484 e. The number of nitrogens with one attached hydrogen (secondary N) is 1. The molecule has 1 atom stereocenters. The summed E-state index contributed by atoms with van der Waals surface area (Å²) in [4.78, 5) is 23.5. The first kappa shape index (κ1) is 18.4. The van der Waals surface area contributed by atoms with E-state index in [1.54, 1.807) is 50.2 Å². The van der Waals surface area contributed by atoms with E-state index < -0.39 is 5.97 Å². The lowest BCUT2D eigenvalue weighted by atomic mass is 10.1. The third kappa shape index (κ3) is 5.60. The number of carbonyl (C=O) groups excluding carboxylic acids is 2. The lowest BCUT2D eigenvalue weighted by Gasteiger charge is -2.14. The van der Waals surface area contributed by atoms with Crippen molar-refractivity contribution < 1.29 is 23.5 Å². The Morgan fingerprint density at radius 2 is 1.72 bits per heavy atom. The second-order valence-electron chi connectivity index (χ2n) is 5.37. The number of esters is 1. The molecule has 132 valence electrons. The summed E-state index contributed by atoms with van der Waals surface area (Å²) in [6.45, 7) is 3.69. The van der Waals surface area contributed by atoms with Crippen LogP contribution < -0.4 is 10.1 Å². The fourth-order valence-corrected chi connectivity index (χ4v) is 2.17. The van der Waals surface area contributed by atoms with Gasteiger partial charge in [0.05, 0.1) is 18.2 Å². The molecule has 0 bridgehead atoms. The van der Waals surface area contributed by atoms with Crippen molar-refractivity contribution in [1.29, 1.82) is 0 Å². The van der Waals surface area contributed by atoms with Crippen LogP contribution in [0.2, 0.25) is 0 Å². The molecular formula is C19H20FNO4. The van der Waals surface area contributed by atoms with Crippen molar-refractivity contribution >= 4 is 11.9 Å². The molecular weight excluding hydrogens is 325 g/mol. The van der Waals surface area contributed by atoms with Gasteiger partial charge in [0.2, 0.25) is 0 Å². The lowest BCUT2D eigenvalue weighted by molar-refractivity contribution is -0.123. The van der Waals surface area contributed by atoms with Crippen LogP contribution >= 0.6 is 0 Å². The van der Waals surface area contributed by atoms with Crippen LogP contribution in [0.5, 0.6) is 5.75 Å². The van der Waals surface area contributed by atoms with Gasteiger partial charge in [0.1, 0.15) is 11.6 Å². The number of benzene rings is 2. The molecule has 0 aliphatic carbocycles. The van der Waals surface area contributed by atoms with Crippen LogP contribution in [0.1, 0.15) is 35.8 Å². The monoisotopic (exact) mass is 345 g/mol. The normalized spacial score (nSPS) is 11.5. The maximum atomic E-state index is 12.9. The highest BCUT2D eigenvalue weighted by atomic mass is 19.1. The quantitative estimate of drug-likeness (QED) is 0.783. The molecule has 0 radical (unpaired) electrons. The van der Waals surface area contributed by atoms with E-state index in [1.165, 1.54) is 12.1 Å². The van der Waals surface area contributed by atoms with Crippen molar-refractivity contribution in [3.8, 4) is 5.75 Å². The van der Waals surface area contributed by atoms with Crippen LogP contribution in [0.15, 0.2) is 48.5 Å². The molecule has 0 heterocycles. The number of hydrogen-bond donors (Lipinski definition) is 1. The maximum absolute atomic E-state index is 12.9. The van der Waals surface area contributed by atoms with Gasteiger partial charge in [-0.3, -0.25) is 4.79 Å². The first-order chi connectivity index (χ1) is 12.0. The van der Waals surface area contributed by atoms with Gasteiger partial charge in [0.25, 0.3) is 5.91 Å². The van der Waals surface area contributed by atoms with Gasteiger partial charge < -0.3 is 14.8 Å². The minimum absolute atomic E-state index is 0.162. The summed E-state index contributed by atoms with van der Waals surface area (Å²) in [5.41, 5.74) is 1.22. The second-order valence-corrected chi connectivity index (χ2v) is 5.37. The van der Waals surface area contributed by atoms with Gasteiger partial charge in [-0.25, -0.2) is 9.18 Å². The Balaban J connectivity index is 1.83. The summed E-state index contributed by atoms with van der Waals surface area (Å²) in [5, 5.41) is 2.77. The Kier molecular flexibility index (Phi) is 6.51. The fourth-order valence-electron chi connectivity index (χ4n) is 2.17. The SMILES string of the molecule is CCOC(=O)c1ccc(OCC(=O)N[C@H](C)c2ccc(F)cc2)cc1. The Morgan fingerprint density at radius 1 is 1.08 bits per heavy atom. The summed E-state index contributed by atoms with van der Waals surface area (Å²) >= 11 is 0. The summed E-state index contributed by atoms with van der Waals surface area (Å²) in [6, 6.07) is 12.0. The number of carbonyl (C=O) groups is 2. The average molecular weight is 345 g/mol. The van der Waals surface area contributed by atoms with Crippen molar-refractivity contribution in [3.63, 3.8) is 0 Å². The van der Waals surface area contributed by atoms with Crippen LogP contribution in [0.25, 0.3) is 0 Å². The van der Waals surface area contributed by atoms with Crippen molar-refractivity contribution in [1.82, 2.24) is 5.32 Å². The molecule has 1 amide bonds. The molecule has 2 aromatic carbocycles. The van der Waals surface area contributed by atoms with E-state index in [0.29, 0.717) is 17.9 Å². The smallest absolute Gasteiger partial charge is 0.338 e. The third-order valence-corrected chi connectivity index (χ3v) is 3.48. The summed E-state index contributed by atoms with van der Waals surface area (Å²) in [5.74, 6) is -0.555. The highest BCUT2D eigenvalue weighted by Gasteiger charge is 2.11. The van der Waals surface area contributed by atoms with Crippen molar-refractivity contribution in [3.05, 3.63) is 65.5 Å². The van der Waals surface area contributed by atoms with Gasteiger partial charge >= 0.3 is 5.97 Å². The van der Waals surface area contributed by atoms with E-state index >= 15 is 0 Å². The molecule has 6 heteroatoms. The molecule has 25 heavy (non-hydrogen) atoms. The summed E-state index contributed by atoms with van der Waals surface area (Å²) in [6.07, 6.45) is 0. The van der Waals surface area contributed by atoms with E-state index in [-0.39, 0.29) is 24.4 Å². The molecule has 0 unspecified atom stereocenters. The van der Waals surface area contributed by atoms with Crippen LogP contribution in [0, 0.1) is 5.82 Å². The number of ether oxygens (including phenoxy) is 2. The highest BCUT2D eigenvalue weighted by molar-refractivity contribution is 5.89. The molecule has 0 fully saturated rings. The molecule has 1 N–H and O–H groups in total. The lowest BCUT2D eigenvalue weighted by Crippen LogP contribution is -2.31. The number of amides is 1. The van der Waals surface area contributed by atoms with Gasteiger partial charge in [-0.05, 0) is 55.8 Å².